The third-order valence-electron chi connectivity index (χ3n) is 1.92. The topological polar surface area (TPSA) is 63.6 Å². The third-order valence-corrected chi connectivity index (χ3v) is 1.92. The highest BCUT2D eigenvalue weighted by Gasteiger charge is 2.06. The molecule has 0 atom stereocenters. The molecule has 0 saturated heterocycles. The largest absolute Gasteiger partial charge is 0.396 e. The molecular formula is C11H18O4. The molecule has 0 rings (SSSR count). The summed E-state index contributed by atoms with van der Waals surface area (Å²) in [6.07, 6.45) is 5.63. The molecule has 0 aliphatic rings. The Kier molecular flexibility index (Phi) is 8.67. The van der Waals surface area contributed by atoms with Gasteiger partial charge < -0.3 is 9.84 Å². The van der Waals surface area contributed by atoms with Gasteiger partial charge in [0, 0.05) is 19.1 Å². The monoisotopic (exact) mass is 214 g/mol. The lowest BCUT2D eigenvalue weighted by Crippen LogP contribution is -2.09. The molecule has 86 valence electrons. The van der Waals surface area contributed by atoms with E-state index < -0.39 is 11.9 Å². The summed E-state index contributed by atoms with van der Waals surface area (Å²) in [5.41, 5.74) is 0. The first-order chi connectivity index (χ1) is 7.20. The zero-order valence-electron chi connectivity index (χ0n) is 8.91. The molecule has 1 N–H and O–H groups in total. The van der Waals surface area contributed by atoms with Crippen LogP contribution in [0.1, 0.15) is 38.5 Å². The smallest absolute Gasteiger partial charge is 0.337 e. The average molecular weight is 214 g/mol. The molecule has 0 saturated carbocycles. The van der Waals surface area contributed by atoms with Crippen LogP contribution in [0, 0.1) is 0 Å². The lowest BCUT2D eigenvalue weighted by molar-refractivity contribution is -0.156. The predicted molar refractivity (Wildman–Crippen MR) is 56.1 cm³/mol. The van der Waals surface area contributed by atoms with Crippen LogP contribution in [0.3, 0.4) is 0 Å². The number of hydrogen-bond donors (Lipinski definition) is 1. The summed E-state index contributed by atoms with van der Waals surface area (Å²) in [6.45, 7) is 3.41. The minimum Gasteiger partial charge on any atom is -0.396 e. The van der Waals surface area contributed by atoms with E-state index in [1.54, 1.807) is 0 Å². The van der Waals surface area contributed by atoms with Gasteiger partial charge in [-0.3, -0.25) is 4.79 Å². The Morgan fingerprint density at radius 2 is 1.73 bits per heavy atom. The maximum atomic E-state index is 11.0. The van der Waals surface area contributed by atoms with Crippen molar-refractivity contribution in [2.75, 3.05) is 6.61 Å². The Balaban J connectivity index is 3.31. The molecule has 0 heterocycles. The molecule has 0 amide bonds. The van der Waals surface area contributed by atoms with E-state index in [1.165, 1.54) is 0 Å². The van der Waals surface area contributed by atoms with Crippen LogP contribution in [-0.4, -0.2) is 23.7 Å². The van der Waals surface area contributed by atoms with Crippen molar-refractivity contribution < 1.29 is 19.4 Å². The maximum Gasteiger partial charge on any atom is 0.337 e. The number of carbonyl (C=O) groups excluding carboxylic acids is 2. The first kappa shape index (κ1) is 13.8. The van der Waals surface area contributed by atoms with Gasteiger partial charge in [-0.15, -0.1) is 0 Å². The number of esters is 2. The van der Waals surface area contributed by atoms with Crippen LogP contribution >= 0.6 is 0 Å². The van der Waals surface area contributed by atoms with Crippen LogP contribution in [0.25, 0.3) is 0 Å². The third kappa shape index (κ3) is 9.15. The van der Waals surface area contributed by atoms with Gasteiger partial charge in [0.15, 0.2) is 0 Å². The van der Waals surface area contributed by atoms with Crippen molar-refractivity contribution in [3.63, 3.8) is 0 Å². The van der Waals surface area contributed by atoms with Crippen LogP contribution in [0.15, 0.2) is 12.7 Å². The Labute approximate surface area is 89.9 Å². The summed E-state index contributed by atoms with van der Waals surface area (Å²) >= 11 is 0. The number of ether oxygens (including phenoxy) is 1. The molecule has 0 spiro atoms. The second kappa shape index (κ2) is 9.40. The lowest BCUT2D eigenvalue weighted by Gasteiger charge is -2.00. The molecule has 4 nitrogen and oxygen atoms in total. The Morgan fingerprint density at radius 3 is 2.33 bits per heavy atom. The van der Waals surface area contributed by atoms with Gasteiger partial charge in [-0.1, -0.05) is 25.8 Å². The number of aliphatic hydroxyl groups is 1. The van der Waals surface area contributed by atoms with E-state index in [4.69, 9.17) is 5.11 Å². The summed E-state index contributed by atoms with van der Waals surface area (Å²) in [7, 11) is 0. The summed E-state index contributed by atoms with van der Waals surface area (Å²) in [5, 5.41) is 8.52. The van der Waals surface area contributed by atoms with Gasteiger partial charge in [0.25, 0.3) is 0 Å². The fraction of sp³-hybridized carbons (Fsp3) is 0.636. The number of carbonyl (C=O) groups is 2. The zero-order chi connectivity index (χ0) is 11.5. The molecule has 0 aromatic carbocycles. The number of unbranched alkanes of at least 4 members (excludes halogenated alkanes) is 4. The predicted octanol–water partition coefficient (Wildman–Crippen LogP) is 1.58. The van der Waals surface area contributed by atoms with Crippen molar-refractivity contribution in [2.24, 2.45) is 0 Å². The van der Waals surface area contributed by atoms with Gasteiger partial charge in [0.1, 0.15) is 0 Å². The highest BCUT2D eigenvalue weighted by atomic mass is 16.6. The van der Waals surface area contributed by atoms with E-state index in [0.29, 0.717) is 6.42 Å². The van der Waals surface area contributed by atoms with Gasteiger partial charge in [-0.25, -0.2) is 4.79 Å². The van der Waals surface area contributed by atoms with Crippen molar-refractivity contribution in [3.8, 4) is 0 Å². The second-order valence-corrected chi connectivity index (χ2v) is 3.24. The highest BCUT2D eigenvalue weighted by molar-refractivity contribution is 5.91. The molecule has 0 bridgehead atoms. The van der Waals surface area contributed by atoms with Crippen LogP contribution < -0.4 is 0 Å². The fourth-order valence-electron chi connectivity index (χ4n) is 1.12. The maximum absolute atomic E-state index is 11.0. The summed E-state index contributed by atoms with van der Waals surface area (Å²) < 4.78 is 4.39. The highest BCUT2D eigenvalue weighted by Crippen LogP contribution is 2.05. The van der Waals surface area contributed by atoms with E-state index in [-0.39, 0.29) is 13.0 Å². The van der Waals surface area contributed by atoms with Gasteiger partial charge in [0.05, 0.1) is 0 Å². The van der Waals surface area contributed by atoms with Crippen LogP contribution in [-0.2, 0) is 14.3 Å². The minimum absolute atomic E-state index is 0.218. The molecule has 0 aromatic rings. The second-order valence-electron chi connectivity index (χ2n) is 3.24. The van der Waals surface area contributed by atoms with Gasteiger partial charge in [-0.05, 0) is 12.8 Å². The Hall–Kier alpha value is -1.16. The first-order valence-corrected chi connectivity index (χ1v) is 5.18. The van der Waals surface area contributed by atoms with Gasteiger partial charge in [0.2, 0.25) is 0 Å². The van der Waals surface area contributed by atoms with E-state index >= 15 is 0 Å². The molecule has 0 radical (unpaired) electrons. The number of aliphatic hydroxyl groups excluding tert-OH is 1. The van der Waals surface area contributed by atoms with Crippen molar-refractivity contribution in [3.05, 3.63) is 12.7 Å². The van der Waals surface area contributed by atoms with Crippen molar-refractivity contribution >= 4 is 11.9 Å². The van der Waals surface area contributed by atoms with Crippen LogP contribution in [0.5, 0.6) is 0 Å². The zero-order valence-corrected chi connectivity index (χ0v) is 8.91. The molecule has 15 heavy (non-hydrogen) atoms. The molecule has 0 aliphatic carbocycles. The standard InChI is InChI=1S/C11H18O4/c1-2-10(13)15-11(14)8-6-4-3-5-7-9-12/h2,12H,1,3-9H2. The molecule has 0 aromatic heterocycles. The Bertz CT molecular complexity index is 211. The lowest BCUT2D eigenvalue weighted by atomic mass is 10.1. The molecule has 0 fully saturated rings. The summed E-state index contributed by atoms with van der Waals surface area (Å²) in [5.74, 6) is -1.19. The molecule has 4 heteroatoms. The van der Waals surface area contributed by atoms with Crippen LogP contribution in [0.2, 0.25) is 0 Å². The number of hydrogen-bond acceptors (Lipinski definition) is 4. The van der Waals surface area contributed by atoms with Crippen molar-refractivity contribution in [1.29, 1.82) is 0 Å². The van der Waals surface area contributed by atoms with E-state index in [9.17, 15) is 9.59 Å². The average Bonchev–Trinajstić information content (AvgIpc) is 2.23. The van der Waals surface area contributed by atoms with E-state index in [1.807, 2.05) is 0 Å². The number of rotatable bonds is 8. The molecular weight excluding hydrogens is 196 g/mol. The van der Waals surface area contributed by atoms with Crippen molar-refractivity contribution in [1.82, 2.24) is 0 Å². The summed E-state index contributed by atoms with van der Waals surface area (Å²) in [4.78, 5) is 21.6. The minimum atomic E-state index is -0.694. The van der Waals surface area contributed by atoms with E-state index in [0.717, 1.165) is 31.8 Å². The van der Waals surface area contributed by atoms with Gasteiger partial charge >= 0.3 is 11.9 Å². The van der Waals surface area contributed by atoms with Crippen molar-refractivity contribution in [2.45, 2.75) is 38.5 Å². The van der Waals surface area contributed by atoms with Gasteiger partial charge in [-0.2, -0.15) is 0 Å². The molecule has 0 aliphatic heterocycles. The Morgan fingerprint density at radius 1 is 1.13 bits per heavy atom. The molecule has 0 unspecified atom stereocenters. The summed E-state index contributed by atoms with van der Waals surface area (Å²) in [6, 6.07) is 0. The normalized spacial score (nSPS) is 9.67. The van der Waals surface area contributed by atoms with Crippen LogP contribution in [0.4, 0.5) is 0 Å². The fourth-order valence-corrected chi connectivity index (χ4v) is 1.12. The SMILES string of the molecule is C=CC(=O)OC(=O)CCCCCCCO. The first-order valence-electron chi connectivity index (χ1n) is 5.18. The van der Waals surface area contributed by atoms with E-state index in [2.05, 4.69) is 11.3 Å². The quantitative estimate of drug-likeness (QED) is 0.288.